The lowest BCUT2D eigenvalue weighted by Gasteiger charge is -2.44. The molecule has 0 aromatic heterocycles. The van der Waals surface area contributed by atoms with Crippen LogP contribution in [0.1, 0.15) is 74.4 Å². The van der Waals surface area contributed by atoms with Gasteiger partial charge in [0, 0.05) is 53.6 Å². The van der Waals surface area contributed by atoms with E-state index < -0.39 is 21.2 Å². The van der Waals surface area contributed by atoms with Gasteiger partial charge in [0.2, 0.25) is 10.0 Å². The Kier molecular flexibility index (Phi) is 12.9. The highest BCUT2D eigenvalue weighted by Crippen LogP contribution is 2.46. The average Bonchev–Trinajstić information content (AvgIpc) is 3.22. The Balaban J connectivity index is 0.000000441. The van der Waals surface area contributed by atoms with Crippen molar-refractivity contribution in [2.45, 2.75) is 75.5 Å². The fourth-order valence-electron chi connectivity index (χ4n) is 7.80. The number of hydrogen-bond donors (Lipinski definition) is 2. The molecule has 5 aliphatic rings. The van der Waals surface area contributed by atoms with E-state index in [1.54, 1.807) is 37.3 Å². The van der Waals surface area contributed by atoms with Gasteiger partial charge < -0.3 is 19.9 Å². The molecular formula is C39H54ClIN4O5S. The predicted octanol–water partition coefficient (Wildman–Crippen LogP) is 6.41. The Morgan fingerprint density at radius 3 is 2.43 bits per heavy atom. The van der Waals surface area contributed by atoms with Crippen LogP contribution in [0, 0.1) is 17.8 Å². The van der Waals surface area contributed by atoms with Crippen molar-refractivity contribution < 1.29 is 22.7 Å². The molecule has 0 radical (unpaired) electrons. The summed E-state index contributed by atoms with van der Waals surface area (Å²) in [7, 11) is 0.319. The van der Waals surface area contributed by atoms with Crippen LogP contribution >= 0.6 is 34.2 Å². The van der Waals surface area contributed by atoms with Gasteiger partial charge in [-0.15, -0.1) is 0 Å². The van der Waals surface area contributed by atoms with Crippen molar-refractivity contribution in [3.8, 4) is 5.75 Å². The second-order valence-corrected chi connectivity index (χ2v) is 17.9. The summed E-state index contributed by atoms with van der Waals surface area (Å²) in [5, 5.41) is 3.16. The van der Waals surface area contributed by atoms with Crippen LogP contribution in [0.4, 0.5) is 5.69 Å². The fraction of sp³-hybridized carbons (Fsp3) is 0.590. The summed E-state index contributed by atoms with van der Waals surface area (Å²) in [6.07, 6.45) is 8.60. The highest BCUT2D eigenvalue weighted by atomic mass is 127. The smallest absolute Gasteiger partial charge is 0.264 e. The summed E-state index contributed by atoms with van der Waals surface area (Å²) < 4.78 is 35.0. The molecule has 1 saturated heterocycles. The topological polar surface area (TPSA) is 108 Å². The molecule has 2 aromatic rings. The molecule has 1 amide bonds. The number of alkyl halides is 1. The highest BCUT2D eigenvalue weighted by molar-refractivity contribution is 14.1. The van der Waals surface area contributed by atoms with E-state index in [1.165, 1.54) is 11.1 Å². The number of fused-ring (bicyclic) bond motifs is 4. The number of ether oxygens (including phenoxy) is 1. The van der Waals surface area contributed by atoms with E-state index in [0.717, 1.165) is 55.9 Å². The summed E-state index contributed by atoms with van der Waals surface area (Å²) in [4.78, 5) is 33.0. The van der Waals surface area contributed by atoms with Crippen LogP contribution in [0.25, 0.3) is 0 Å². The maximum absolute atomic E-state index is 13.3. The maximum Gasteiger partial charge on any atom is 0.264 e. The van der Waals surface area contributed by atoms with Crippen molar-refractivity contribution in [3.63, 3.8) is 0 Å². The second kappa shape index (κ2) is 16.4. The Bertz CT molecular complexity index is 1730. The average molecular weight is 853 g/mol. The SMILES string of the molecule is CI.CN(C)C1(C)CNC1.C[C@@H]1[C@@H](C)C/C=C/C(=O)[C@@H]2CC[C@H]2CN2C[C@@]3(CCCc4cc(Cl)ccc43)COc3ccc(cc32)C(=O)NS1(=O)=O. The molecular weight excluding hydrogens is 799 g/mol. The number of allylic oxidation sites excluding steroid dienone is 2. The van der Waals surface area contributed by atoms with E-state index >= 15 is 0 Å². The lowest BCUT2D eigenvalue weighted by molar-refractivity contribution is -0.122. The molecule has 3 heterocycles. The van der Waals surface area contributed by atoms with E-state index in [1.807, 2.05) is 17.9 Å². The third kappa shape index (κ3) is 8.63. The van der Waals surface area contributed by atoms with Crippen LogP contribution in [0.2, 0.25) is 5.02 Å². The Morgan fingerprint density at radius 2 is 1.80 bits per heavy atom. The van der Waals surface area contributed by atoms with Crippen LogP contribution in [0.5, 0.6) is 5.75 Å². The number of anilines is 1. The molecule has 2 aliphatic carbocycles. The summed E-state index contributed by atoms with van der Waals surface area (Å²) in [6, 6.07) is 11.3. The standard InChI is InChI=1S/C32H37ClN2O5S.C6H14N2.CH3I/c1-20-5-3-7-29(36)26-11-8-24(26)17-35-18-32(14-4-6-22-15-25(33)10-12-27(22)32)19-40-30-13-9-23(16-28(30)35)31(37)34-41(38,39)21(20)2;1-6(8(2)3)4-7-5-6;1-2/h3,7,9-10,12-13,15-16,20-21,24,26H,4-6,8,11,14,17-19H2,1-2H3,(H,34,37);7H,4-5H2,1-3H3;1H3/b7-3+;;/t20-,21+,24-,26+,32-;;/m0../s1. The quantitative estimate of drug-likeness (QED) is 0.251. The first kappa shape index (κ1) is 40.0. The van der Waals surface area contributed by atoms with Crippen molar-refractivity contribution in [1.29, 1.82) is 0 Å². The van der Waals surface area contributed by atoms with E-state index in [2.05, 4.69) is 75.6 Å². The summed E-state index contributed by atoms with van der Waals surface area (Å²) in [5.41, 5.74) is 3.67. The number of hydrogen-bond acceptors (Lipinski definition) is 8. The second-order valence-electron chi connectivity index (χ2n) is 15.4. The number of aryl methyl sites for hydroxylation is 1. The predicted molar refractivity (Wildman–Crippen MR) is 215 cm³/mol. The molecule has 1 spiro atoms. The minimum Gasteiger partial charge on any atom is -0.490 e. The van der Waals surface area contributed by atoms with E-state index in [0.29, 0.717) is 37.4 Å². The molecule has 2 aromatic carbocycles. The third-order valence-electron chi connectivity index (χ3n) is 11.9. The molecule has 9 nitrogen and oxygen atoms in total. The first-order valence-electron chi connectivity index (χ1n) is 18.0. The number of rotatable bonds is 1. The number of carbonyl (C=O) groups is 2. The molecule has 0 unspecified atom stereocenters. The fourth-order valence-corrected chi connectivity index (χ4v) is 9.28. The molecule has 2 N–H and O–H groups in total. The first-order valence-corrected chi connectivity index (χ1v) is 22.1. The van der Waals surface area contributed by atoms with Crippen LogP contribution in [0.15, 0.2) is 48.6 Å². The van der Waals surface area contributed by atoms with E-state index in [4.69, 9.17) is 16.3 Å². The largest absolute Gasteiger partial charge is 0.490 e. The number of benzene rings is 2. The number of amides is 1. The number of carbonyl (C=O) groups excluding carboxylic acids is 2. The van der Waals surface area contributed by atoms with Crippen molar-refractivity contribution in [2.75, 3.05) is 56.7 Å². The van der Waals surface area contributed by atoms with E-state index in [9.17, 15) is 18.0 Å². The molecule has 1 saturated carbocycles. The minimum atomic E-state index is -3.93. The van der Waals surface area contributed by atoms with E-state index in [-0.39, 0.29) is 34.5 Å². The summed E-state index contributed by atoms with van der Waals surface area (Å²) >= 11 is 8.52. The molecule has 2 bridgehead atoms. The molecule has 280 valence electrons. The number of sulfonamides is 1. The highest BCUT2D eigenvalue weighted by Gasteiger charge is 2.44. The molecule has 3 aliphatic heterocycles. The van der Waals surface area contributed by atoms with Crippen molar-refractivity contribution in [1.82, 2.24) is 14.9 Å². The van der Waals surface area contributed by atoms with Gasteiger partial charge in [-0.2, -0.15) is 0 Å². The van der Waals surface area contributed by atoms with Crippen LogP contribution in [-0.2, 0) is 26.7 Å². The molecule has 7 rings (SSSR count). The van der Waals surface area contributed by atoms with Gasteiger partial charge in [-0.05, 0) is 131 Å². The van der Waals surface area contributed by atoms with Crippen LogP contribution in [0.3, 0.4) is 0 Å². The Morgan fingerprint density at radius 1 is 1.06 bits per heavy atom. The van der Waals surface area contributed by atoms with Gasteiger partial charge in [0.25, 0.3) is 5.91 Å². The van der Waals surface area contributed by atoms with Crippen LogP contribution in [-0.4, -0.2) is 87.6 Å². The summed E-state index contributed by atoms with van der Waals surface area (Å²) in [5.74, 6) is -0.0319. The number of halogens is 2. The number of nitrogens with zero attached hydrogens (tertiary/aromatic N) is 2. The van der Waals surface area contributed by atoms with Gasteiger partial charge in [-0.25, -0.2) is 13.1 Å². The number of ketones is 1. The zero-order valence-corrected chi connectivity index (χ0v) is 34.5. The van der Waals surface area contributed by atoms with Gasteiger partial charge in [-0.1, -0.05) is 53.3 Å². The Labute approximate surface area is 323 Å². The molecule has 2 fully saturated rings. The van der Waals surface area contributed by atoms with Gasteiger partial charge >= 0.3 is 0 Å². The maximum atomic E-state index is 13.3. The van der Waals surface area contributed by atoms with Gasteiger partial charge in [0.05, 0.1) is 17.5 Å². The van der Waals surface area contributed by atoms with Gasteiger partial charge in [0.1, 0.15) is 5.75 Å². The van der Waals surface area contributed by atoms with Crippen molar-refractivity contribution in [3.05, 3.63) is 70.3 Å². The van der Waals surface area contributed by atoms with Crippen molar-refractivity contribution in [2.24, 2.45) is 17.8 Å². The number of nitrogens with one attached hydrogen (secondary N) is 2. The normalized spacial score (nSPS) is 29.9. The molecule has 5 atom stereocenters. The Hall–Kier alpha value is -2.19. The third-order valence-corrected chi connectivity index (χ3v) is 14.1. The zero-order valence-electron chi connectivity index (χ0n) is 30.8. The molecule has 51 heavy (non-hydrogen) atoms. The van der Waals surface area contributed by atoms with Gasteiger partial charge in [0.15, 0.2) is 5.78 Å². The molecule has 12 heteroatoms. The van der Waals surface area contributed by atoms with Gasteiger partial charge in [-0.3, -0.25) is 9.59 Å². The first-order chi connectivity index (χ1) is 24.2. The van der Waals surface area contributed by atoms with Crippen molar-refractivity contribution >= 4 is 61.6 Å². The zero-order chi connectivity index (χ0) is 37.1. The van der Waals surface area contributed by atoms with Crippen LogP contribution < -0.4 is 19.7 Å². The number of likely N-dealkylation sites (N-methyl/N-ethyl adjacent to an activating group) is 1. The lowest BCUT2D eigenvalue weighted by atomic mass is 9.68. The summed E-state index contributed by atoms with van der Waals surface area (Å²) in [6.45, 7) is 9.77. The minimum absolute atomic E-state index is 0.0666. The lowest BCUT2D eigenvalue weighted by Crippen LogP contribution is -2.64. The monoisotopic (exact) mass is 852 g/mol.